The summed E-state index contributed by atoms with van der Waals surface area (Å²) in [5.74, 6) is 0.699. The highest BCUT2D eigenvalue weighted by Gasteiger charge is 2.26. The first-order valence-corrected chi connectivity index (χ1v) is 11.8. The molecule has 0 radical (unpaired) electrons. The van der Waals surface area contributed by atoms with Crippen LogP contribution in [-0.2, 0) is 10.0 Å². The number of ether oxygens (including phenoxy) is 3. The minimum Gasteiger partial charge on any atom is -0.493 e. The highest BCUT2D eigenvalue weighted by molar-refractivity contribution is 7.89. The fourth-order valence-electron chi connectivity index (χ4n) is 3.04. The lowest BCUT2D eigenvalue weighted by atomic mass is 10.1. The van der Waals surface area contributed by atoms with E-state index in [-0.39, 0.29) is 10.6 Å². The molecule has 0 saturated carbocycles. The summed E-state index contributed by atoms with van der Waals surface area (Å²) in [7, 11) is -2.31. The second kappa shape index (κ2) is 11.5. The van der Waals surface area contributed by atoms with E-state index >= 15 is 0 Å². The molecular weight excluding hydrogens is 432 g/mol. The highest BCUT2D eigenvalue weighted by atomic mass is 32.2. The van der Waals surface area contributed by atoms with E-state index in [1.807, 2.05) is 0 Å². The molecule has 32 heavy (non-hydrogen) atoms. The normalized spacial score (nSPS) is 11.2. The van der Waals surface area contributed by atoms with E-state index < -0.39 is 15.9 Å². The van der Waals surface area contributed by atoms with Crippen molar-refractivity contribution in [2.24, 2.45) is 0 Å². The van der Waals surface area contributed by atoms with Gasteiger partial charge in [-0.3, -0.25) is 4.79 Å². The summed E-state index contributed by atoms with van der Waals surface area (Å²) in [6.07, 6.45) is 1.61. The maximum atomic E-state index is 13.1. The lowest BCUT2D eigenvalue weighted by molar-refractivity contribution is 0.102. The second-order valence-corrected chi connectivity index (χ2v) is 8.51. The van der Waals surface area contributed by atoms with Crippen LogP contribution in [0.1, 0.15) is 31.1 Å². The number of rotatable bonds is 12. The Labute approximate surface area is 189 Å². The van der Waals surface area contributed by atoms with Crippen LogP contribution in [0, 0.1) is 0 Å². The van der Waals surface area contributed by atoms with E-state index in [1.165, 1.54) is 17.5 Å². The first-order valence-electron chi connectivity index (χ1n) is 10.3. The number of benzene rings is 2. The standard InChI is InChI=1S/C23H30N2O6S/c1-6-14-31-19-12-10-17(15-21(19)29-5)23(26)24-18-11-13-20(30-9-4)22(16-18)32(27,28)25(7-2)8-3/h6,10-13,15-16H,1,7-9,14H2,2-5H3,(H,24,26). The number of methoxy groups -OCH3 is 1. The summed E-state index contributed by atoms with van der Waals surface area (Å²) < 4.78 is 43.9. The smallest absolute Gasteiger partial charge is 0.255 e. The molecule has 1 N–H and O–H groups in total. The Balaban J connectivity index is 2.37. The number of nitrogens with zero attached hydrogens (tertiary/aromatic N) is 1. The van der Waals surface area contributed by atoms with Crippen LogP contribution in [0.5, 0.6) is 17.2 Å². The molecule has 0 unspecified atom stereocenters. The van der Waals surface area contributed by atoms with E-state index in [2.05, 4.69) is 11.9 Å². The average Bonchev–Trinajstić information content (AvgIpc) is 2.79. The van der Waals surface area contributed by atoms with Crippen molar-refractivity contribution in [1.82, 2.24) is 4.31 Å². The predicted molar refractivity (Wildman–Crippen MR) is 124 cm³/mol. The largest absolute Gasteiger partial charge is 0.493 e. The number of carbonyl (C=O) groups excluding carboxylic acids is 1. The Morgan fingerprint density at radius 1 is 1.03 bits per heavy atom. The molecule has 0 saturated heterocycles. The summed E-state index contributed by atoms with van der Waals surface area (Å²) in [5, 5.41) is 2.74. The Morgan fingerprint density at radius 2 is 1.72 bits per heavy atom. The fourth-order valence-corrected chi connectivity index (χ4v) is 4.66. The summed E-state index contributed by atoms with van der Waals surface area (Å²) in [6.45, 7) is 10.2. The van der Waals surface area contributed by atoms with Gasteiger partial charge in [-0.25, -0.2) is 8.42 Å². The zero-order valence-electron chi connectivity index (χ0n) is 18.9. The molecule has 1 amide bonds. The van der Waals surface area contributed by atoms with Crippen molar-refractivity contribution in [3.05, 3.63) is 54.6 Å². The predicted octanol–water partition coefficient (Wildman–Crippen LogP) is 3.94. The second-order valence-electron chi connectivity index (χ2n) is 6.60. The molecule has 9 heteroatoms. The van der Waals surface area contributed by atoms with Crippen LogP contribution >= 0.6 is 0 Å². The number of anilines is 1. The van der Waals surface area contributed by atoms with Gasteiger partial charge in [0.05, 0.1) is 13.7 Å². The quantitative estimate of drug-likeness (QED) is 0.480. The van der Waals surface area contributed by atoms with Crippen LogP contribution < -0.4 is 19.5 Å². The monoisotopic (exact) mass is 462 g/mol. The van der Waals surface area contributed by atoms with Gasteiger partial charge in [0, 0.05) is 24.3 Å². The number of hydrogen-bond donors (Lipinski definition) is 1. The fraction of sp³-hybridized carbons (Fsp3) is 0.348. The van der Waals surface area contributed by atoms with Crippen molar-refractivity contribution < 1.29 is 27.4 Å². The van der Waals surface area contributed by atoms with Crippen molar-refractivity contribution in [1.29, 1.82) is 0 Å². The van der Waals surface area contributed by atoms with Crippen molar-refractivity contribution in [3.8, 4) is 17.2 Å². The van der Waals surface area contributed by atoms with Gasteiger partial charge in [0.25, 0.3) is 5.91 Å². The Kier molecular flexibility index (Phi) is 9.10. The number of carbonyl (C=O) groups is 1. The topological polar surface area (TPSA) is 94.2 Å². The molecule has 0 atom stereocenters. The number of amides is 1. The van der Waals surface area contributed by atoms with E-state index in [4.69, 9.17) is 14.2 Å². The van der Waals surface area contributed by atoms with Crippen molar-refractivity contribution in [2.45, 2.75) is 25.7 Å². The van der Waals surface area contributed by atoms with E-state index in [0.717, 1.165) is 0 Å². The number of sulfonamides is 1. The van der Waals surface area contributed by atoms with Crippen molar-refractivity contribution >= 4 is 21.6 Å². The minimum atomic E-state index is -3.79. The van der Waals surface area contributed by atoms with Gasteiger partial charge in [0.15, 0.2) is 11.5 Å². The number of hydrogen-bond acceptors (Lipinski definition) is 6. The molecule has 0 aromatic heterocycles. The van der Waals surface area contributed by atoms with Gasteiger partial charge < -0.3 is 19.5 Å². The molecule has 2 aromatic rings. The third-order valence-corrected chi connectivity index (χ3v) is 6.68. The van der Waals surface area contributed by atoms with Crippen molar-refractivity contribution in [3.63, 3.8) is 0 Å². The molecule has 0 aliphatic heterocycles. The Morgan fingerprint density at radius 3 is 2.31 bits per heavy atom. The molecule has 174 valence electrons. The van der Waals surface area contributed by atoms with E-state index in [1.54, 1.807) is 57.2 Å². The summed E-state index contributed by atoms with van der Waals surface area (Å²) in [4.78, 5) is 12.8. The summed E-state index contributed by atoms with van der Waals surface area (Å²) in [6, 6.07) is 9.33. The molecule has 0 fully saturated rings. The minimum absolute atomic E-state index is 0.00611. The van der Waals surface area contributed by atoms with Crippen LogP contribution in [0.2, 0.25) is 0 Å². The summed E-state index contributed by atoms with van der Waals surface area (Å²) >= 11 is 0. The first-order chi connectivity index (χ1) is 15.3. The molecular formula is C23H30N2O6S. The third-order valence-electron chi connectivity index (χ3n) is 4.61. The zero-order valence-corrected chi connectivity index (χ0v) is 19.7. The van der Waals surface area contributed by atoms with Crippen LogP contribution in [0.3, 0.4) is 0 Å². The van der Waals surface area contributed by atoms with Gasteiger partial charge in [-0.15, -0.1) is 0 Å². The van der Waals surface area contributed by atoms with Crippen LogP contribution in [0.25, 0.3) is 0 Å². The molecule has 0 heterocycles. The molecule has 2 aromatic carbocycles. The maximum absolute atomic E-state index is 13.1. The lowest BCUT2D eigenvalue weighted by Crippen LogP contribution is -2.31. The van der Waals surface area contributed by atoms with Gasteiger partial charge in [0.2, 0.25) is 10.0 Å². The van der Waals surface area contributed by atoms with Gasteiger partial charge >= 0.3 is 0 Å². The first kappa shape index (κ1) is 25.2. The van der Waals surface area contributed by atoms with Gasteiger partial charge in [-0.1, -0.05) is 26.5 Å². The van der Waals surface area contributed by atoms with Crippen LogP contribution in [0.15, 0.2) is 53.9 Å². The van der Waals surface area contributed by atoms with Crippen LogP contribution in [-0.4, -0.2) is 52.0 Å². The summed E-state index contributed by atoms with van der Waals surface area (Å²) in [5.41, 5.74) is 0.657. The third kappa shape index (κ3) is 5.80. The van der Waals surface area contributed by atoms with Crippen LogP contribution in [0.4, 0.5) is 5.69 Å². The van der Waals surface area contributed by atoms with Crippen molar-refractivity contribution in [2.75, 3.05) is 38.7 Å². The average molecular weight is 463 g/mol. The van der Waals surface area contributed by atoms with Gasteiger partial charge in [0.1, 0.15) is 17.3 Å². The zero-order chi connectivity index (χ0) is 23.7. The highest BCUT2D eigenvalue weighted by Crippen LogP contribution is 2.31. The lowest BCUT2D eigenvalue weighted by Gasteiger charge is -2.21. The molecule has 8 nitrogen and oxygen atoms in total. The molecule has 0 aliphatic rings. The molecule has 0 bridgehead atoms. The molecule has 0 aliphatic carbocycles. The Bertz CT molecular complexity index is 1050. The van der Waals surface area contributed by atoms with E-state index in [0.29, 0.717) is 49.1 Å². The Hall–Kier alpha value is -3.04. The maximum Gasteiger partial charge on any atom is 0.255 e. The van der Waals surface area contributed by atoms with Gasteiger partial charge in [-0.2, -0.15) is 4.31 Å². The molecule has 2 rings (SSSR count). The SMILES string of the molecule is C=CCOc1ccc(C(=O)Nc2ccc(OCC)c(S(=O)(=O)N(CC)CC)c2)cc1OC. The van der Waals surface area contributed by atoms with Gasteiger partial charge in [-0.05, 0) is 43.3 Å². The molecule has 0 spiro atoms. The number of nitrogens with one attached hydrogen (secondary N) is 1. The van der Waals surface area contributed by atoms with E-state index in [9.17, 15) is 13.2 Å².